The number of hydrogen-bond acceptors (Lipinski definition) is 7. The van der Waals surface area contributed by atoms with Crippen LogP contribution < -0.4 is 10.6 Å². The number of anilines is 1. The molecule has 2 aromatic heterocycles. The average Bonchev–Trinajstić information content (AvgIpc) is 3.30. The van der Waals surface area contributed by atoms with Crippen LogP contribution in [-0.2, 0) is 12.7 Å². The Kier molecular flexibility index (Phi) is 7.89. The number of imidazole rings is 1. The highest BCUT2D eigenvalue weighted by atomic mass is 35.5. The van der Waals surface area contributed by atoms with Gasteiger partial charge in [-0.25, -0.2) is 15.0 Å². The van der Waals surface area contributed by atoms with Crippen LogP contribution in [-0.4, -0.2) is 56.3 Å². The second kappa shape index (κ2) is 10.7. The zero-order valence-electron chi connectivity index (χ0n) is 19.6. The molecule has 3 aromatic rings. The number of rotatable bonds is 7. The largest absolute Gasteiger partial charge is 0.420 e. The minimum atomic E-state index is -4.62. The summed E-state index contributed by atoms with van der Waals surface area (Å²) in [5.74, 6) is 0.448. The van der Waals surface area contributed by atoms with Gasteiger partial charge in [-0.05, 0) is 43.3 Å². The van der Waals surface area contributed by atoms with Gasteiger partial charge in [0.05, 0.1) is 10.7 Å². The van der Waals surface area contributed by atoms with Crippen LogP contribution in [0.5, 0.6) is 0 Å². The quantitative estimate of drug-likeness (QED) is 0.415. The maximum absolute atomic E-state index is 13.8. The number of alkyl halides is 3. The van der Waals surface area contributed by atoms with Gasteiger partial charge in [-0.1, -0.05) is 36.5 Å². The minimum absolute atomic E-state index is 0.0653. The highest BCUT2D eigenvalue weighted by Gasteiger charge is 2.36. The molecule has 1 aliphatic rings. The predicted molar refractivity (Wildman–Crippen MR) is 134 cm³/mol. The second-order valence-electron chi connectivity index (χ2n) is 8.52. The van der Waals surface area contributed by atoms with Crippen molar-refractivity contribution in [3.05, 3.63) is 53.1 Å². The van der Waals surface area contributed by atoms with Crippen LogP contribution in [0.15, 0.2) is 36.9 Å². The van der Waals surface area contributed by atoms with E-state index in [4.69, 9.17) is 11.6 Å². The van der Waals surface area contributed by atoms with Crippen LogP contribution in [0.25, 0.3) is 17.1 Å². The smallest absolute Gasteiger partial charge is 0.351 e. The van der Waals surface area contributed by atoms with E-state index >= 15 is 0 Å². The van der Waals surface area contributed by atoms with Gasteiger partial charge in [0.2, 0.25) is 5.95 Å². The van der Waals surface area contributed by atoms with Crippen molar-refractivity contribution < 1.29 is 13.2 Å². The van der Waals surface area contributed by atoms with E-state index in [2.05, 4.69) is 36.8 Å². The Labute approximate surface area is 211 Å². The first kappa shape index (κ1) is 25.7. The molecule has 2 unspecified atom stereocenters. The van der Waals surface area contributed by atoms with Gasteiger partial charge < -0.3 is 15.2 Å². The fourth-order valence-corrected chi connectivity index (χ4v) is 5.13. The molecule has 4 rings (SSSR count). The molecular formula is C23H27ClF3N7S. The highest BCUT2D eigenvalue weighted by Crippen LogP contribution is 2.36. The number of nitrogens with zero attached hydrogens (tertiary/aromatic N) is 5. The van der Waals surface area contributed by atoms with Crippen molar-refractivity contribution >= 4 is 29.5 Å². The summed E-state index contributed by atoms with van der Waals surface area (Å²) in [6.07, 6.45) is 2.02. The summed E-state index contributed by atoms with van der Waals surface area (Å²) in [4.78, 5) is 12.5. The number of hydrogen-bond donors (Lipinski definition) is 2. The third-order valence-electron chi connectivity index (χ3n) is 6.03. The normalized spacial score (nSPS) is 19.2. The summed E-state index contributed by atoms with van der Waals surface area (Å²) in [5, 5.41) is 6.76. The Bertz CT molecular complexity index is 1170. The zero-order valence-corrected chi connectivity index (χ0v) is 21.2. The summed E-state index contributed by atoms with van der Waals surface area (Å²) in [6, 6.07) is 5.58. The Hall–Kier alpha value is -2.34. The van der Waals surface area contributed by atoms with Crippen molar-refractivity contribution in [3.8, 4) is 17.1 Å². The lowest BCUT2D eigenvalue weighted by Crippen LogP contribution is -2.42. The molecule has 7 nitrogen and oxygen atoms in total. The molecule has 12 heteroatoms. The van der Waals surface area contributed by atoms with Crippen molar-refractivity contribution in [2.24, 2.45) is 5.92 Å². The maximum atomic E-state index is 13.8. The number of halogens is 4. The summed E-state index contributed by atoms with van der Waals surface area (Å²) >= 11 is 8.12. The lowest BCUT2D eigenvalue weighted by molar-refractivity contribution is -0.137. The average molecular weight is 526 g/mol. The van der Waals surface area contributed by atoms with E-state index in [1.807, 2.05) is 25.4 Å². The maximum Gasteiger partial charge on any atom is 0.420 e. The van der Waals surface area contributed by atoms with Gasteiger partial charge >= 0.3 is 6.18 Å². The number of piperidine rings is 1. The molecule has 1 fully saturated rings. The molecule has 1 aliphatic heterocycles. The molecule has 0 radical (unpaired) electrons. The van der Waals surface area contributed by atoms with Crippen LogP contribution in [0.3, 0.4) is 0 Å². The van der Waals surface area contributed by atoms with Crippen molar-refractivity contribution in [2.45, 2.75) is 32.1 Å². The van der Waals surface area contributed by atoms with E-state index in [1.54, 1.807) is 22.6 Å². The van der Waals surface area contributed by atoms with E-state index in [9.17, 15) is 13.2 Å². The van der Waals surface area contributed by atoms with Crippen LogP contribution in [0, 0.1) is 5.92 Å². The molecule has 2 N–H and O–H groups in total. The fraction of sp³-hybridized carbons (Fsp3) is 0.435. The third kappa shape index (κ3) is 5.91. The molecule has 0 spiro atoms. The van der Waals surface area contributed by atoms with Crippen LogP contribution >= 0.6 is 23.5 Å². The van der Waals surface area contributed by atoms with Gasteiger partial charge in [0.25, 0.3) is 0 Å². The predicted octanol–water partition coefficient (Wildman–Crippen LogP) is 5.12. The van der Waals surface area contributed by atoms with E-state index < -0.39 is 11.7 Å². The van der Waals surface area contributed by atoms with Crippen LogP contribution in [0.2, 0.25) is 5.02 Å². The van der Waals surface area contributed by atoms with Crippen molar-refractivity contribution in [2.75, 3.05) is 31.7 Å². The minimum Gasteiger partial charge on any atom is -0.351 e. The summed E-state index contributed by atoms with van der Waals surface area (Å²) in [5.41, 5.74) is 0.481. The van der Waals surface area contributed by atoms with E-state index in [0.29, 0.717) is 17.3 Å². The topological polar surface area (TPSA) is 70.9 Å². The lowest BCUT2D eigenvalue weighted by atomic mass is 9.95. The highest BCUT2D eigenvalue weighted by molar-refractivity contribution is 7.96. The first-order valence-electron chi connectivity index (χ1n) is 11.2. The Morgan fingerprint density at radius 2 is 2.06 bits per heavy atom. The first-order chi connectivity index (χ1) is 16.7. The number of benzene rings is 1. The lowest BCUT2D eigenvalue weighted by Gasteiger charge is -2.35. The van der Waals surface area contributed by atoms with E-state index in [1.165, 1.54) is 12.5 Å². The van der Waals surface area contributed by atoms with Crippen molar-refractivity contribution in [1.29, 1.82) is 0 Å². The SMILES string of the molecule is CNCc1ccc(-n2cnc(-c3nc(NC4CCN(SC)CC4C)ncc3C(F)(F)F)c2)c(Cl)c1. The zero-order chi connectivity index (χ0) is 25.2. The van der Waals surface area contributed by atoms with Gasteiger partial charge in [-0.2, -0.15) is 13.2 Å². The van der Waals surface area contributed by atoms with Crippen LogP contribution in [0.4, 0.5) is 19.1 Å². The summed E-state index contributed by atoms with van der Waals surface area (Å²) < 4.78 is 45.3. The van der Waals surface area contributed by atoms with Crippen LogP contribution in [0.1, 0.15) is 24.5 Å². The van der Waals surface area contributed by atoms with Gasteiger partial charge in [0.1, 0.15) is 23.3 Å². The molecule has 35 heavy (non-hydrogen) atoms. The molecule has 0 amide bonds. The Balaban J connectivity index is 1.64. The third-order valence-corrected chi connectivity index (χ3v) is 7.18. The Morgan fingerprint density at radius 1 is 1.26 bits per heavy atom. The summed E-state index contributed by atoms with van der Waals surface area (Å²) in [7, 11) is 1.83. The molecular weight excluding hydrogens is 499 g/mol. The van der Waals surface area contributed by atoms with Crippen molar-refractivity contribution in [3.63, 3.8) is 0 Å². The molecule has 1 saturated heterocycles. The fourth-order valence-electron chi connectivity index (χ4n) is 4.16. The molecule has 1 aromatic carbocycles. The van der Waals surface area contributed by atoms with Gasteiger partial charge in [0.15, 0.2) is 0 Å². The molecule has 0 saturated carbocycles. The molecule has 0 aliphatic carbocycles. The van der Waals surface area contributed by atoms with Gasteiger partial charge in [0, 0.05) is 38.1 Å². The molecule has 0 bridgehead atoms. The van der Waals surface area contributed by atoms with E-state index in [0.717, 1.165) is 31.3 Å². The number of nitrogens with one attached hydrogen (secondary N) is 2. The molecule has 3 heterocycles. The summed E-state index contributed by atoms with van der Waals surface area (Å²) in [6.45, 7) is 4.52. The first-order valence-corrected chi connectivity index (χ1v) is 12.7. The van der Waals surface area contributed by atoms with Gasteiger partial charge in [-0.3, -0.25) is 4.31 Å². The number of aromatic nitrogens is 4. The molecule has 188 valence electrons. The Morgan fingerprint density at radius 3 is 2.71 bits per heavy atom. The molecule has 2 atom stereocenters. The monoisotopic (exact) mass is 525 g/mol. The second-order valence-corrected chi connectivity index (χ2v) is 9.81. The van der Waals surface area contributed by atoms with Gasteiger partial charge in [-0.15, -0.1) is 0 Å². The standard InChI is InChI=1S/C23H27ClF3N7S/c1-14-11-34(35-3)7-6-18(14)31-22-29-10-16(23(25,26)27)21(32-22)19-12-33(13-30-19)20-5-4-15(9-28-2)8-17(20)24/h4-5,8,10,12-14,18,28H,6-7,9,11H2,1-3H3,(H,29,31,32). The van der Waals surface area contributed by atoms with Crippen molar-refractivity contribution in [1.82, 2.24) is 29.1 Å². The van der Waals surface area contributed by atoms with E-state index in [-0.39, 0.29) is 29.3 Å².